The second kappa shape index (κ2) is 6.10. The van der Waals surface area contributed by atoms with Crippen LogP contribution in [0.5, 0.6) is 5.75 Å². The smallest absolute Gasteiger partial charge is 0.119 e. The molecule has 104 valence electrons. The van der Waals surface area contributed by atoms with Crippen molar-refractivity contribution in [1.82, 2.24) is 5.32 Å². The second-order valence-electron chi connectivity index (χ2n) is 5.27. The molecule has 2 nitrogen and oxygen atoms in total. The van der Waals surface area contributed by atoms with Crippen molar-refractivity contribution in [2.24, 2.45) is 0 Å². The maximum atomic E-state index is 5.60. The first-order valence-corrected chi connectivity index (χ1v) is 7.41. The molecule has 2 aromatic carbocycles. The van der Waals surface area contributed by atoms with E-state index in [1.807, 2.05) is 13.0 Å². The molecule has 1 aliphatic carbocycles. The molecular weight excluding hydrogens is 246 g/mol. The molecule has 0 radical (unpaired) electrons. The monoisotopic (exact) mass is 267 g/mol. The largest absolute Gasteiger partial charge is 0.494 e. The summed E-state index contributed by atoms with van der Waals surface area (Å²) in [5, 5.41) is 3.59. The first-order chi connectivity index (χ1) is 9.86. The highest BCUT2D eigenvalue weighted by atomic mass is 16.5. The van der Waals surface area contributed by atoms with Crippen LogP contribution < -0.4 is 10.1 Å². The summed E-state index contributed by atoms with van der Waals surface area (Å²) in [6, 6.07) is 17.7. The Hall–Kier alpha value is -1.80. The molecule has 0 aliphatic heterocycles. The lowest BCUT2D eigenvalue weighted by molar-refractivity contribution is 0.340. The highest BCUT2D eigenvalue weighted by molar-refractivity contribution is 5.68. The lowest BCUT2D eigenvalue weighted by Crippen LogP contribution is -2.15. The van der Waals surface area contributed by atoms with E-state index in [-0.39, 0.29) is 0 Å². The number of hydrogen-bond acceptors (Lipinski definition) is 2. The van der Waals surface area contributed by atoms with Crippen LogP contribution >= 0.6 is 0 Å². The van der Waals surface area contributed by atoms with Gasteiger partial charge in [-0.3, -0.25) is 0 Å². The molecule has 1 N–H and O–H groups in total. The van der Waals surface area contributed by atoms with Crippen LogP contribution in [0.3, 0.4) is 0 Å². The van der Waals surface area contributed by atoms with Crippen molar-refractivity contribution < 1.29 is 4.74 Å². The molecule has 1 aliphatic rings. The third-order valence-electron chi connectivity index (χ3n) is 3.63. The molecule has 0 atom stereocenters. The maximum absolute atomic E-state index is 5.60. The number of rotatable bonds is 6. The molecular formula is C18H21NO. The van der Waals surface area contributed by atoms with E-state index in [4.69, 9.17) is 4.74 Å². The van der Waals surface area contributed by atoms with Crippen molar-refractivity contribution in [1.29, 1.82) is 0 Å². The van der Waals surface area contributed by atoms with E-state index in [1.165, 1.54) is 29.5 Å². The molecule has 3 rings (SSSR count). The van der Waals surface area contributed by atoms with E-state index in [1.54, 1.807) is 0 Å². The lowest BCUT2D eigenvalue weighted by atomic mass is 9.99. The fraction of sp³-hybridized carbons (Fsp3) is 0.333. The summed E-state index contributed by atoms with van der Waals surface area (Å²) in [4.78, 5) is 0. The predicted molar refractivity (Wildman–Crippen MR) is 82.9 cm³/mol. The Balaban J connectivity index is 1.85. The number of benzene rings is 2. The number of ether oxygens (including phenoxy) is 1. The zero-order valence-electron chi connectivity index (χ0n) is 11.9. The average molecular weight is 267 g/mol. The Morgan fingerprint density at radius 1 is 1.10 bits per heavy atom. The summed E-state index contributed by atoms with van der Waals surface area (Å²) in [5.74, 6) is 0.940. The van der Waals surface area contributed by atoms with Crippen LogP contribution in [-0.4, -0.2) is 12.6 Å². The van der Waals surface area contributed by atoms with Gasteiger partial charge in [-0.25, -0.2) is 0 Å². The summed E-state index contributed by atoms with van der Waals surface area (Å²) in [5.41, 5.74) is 3.87. The van der Waals surface area contributed by atoms with Gasteiger partial charge in [-0.1, -0.05) is 36.4 Å². The summed E-state index contributed by atoms with van der Waals surface area (Å²) in [7, 11) is 0. The van der Waals surface area contributed by atoms with Gasteiger partial charge in [0.15, 0.2) is 0 Å². The van der Waals surface area contributed by atoms with Gasteiger partial charge in [-0.05, 0) is 48.6 Å². The van der Waals surface area contributed by atoms with E-state index < -0.39 is 0 Å². The number of nitrogens with one attached hydrogen (secondary N) is 1. The first-order valence-electron chi connectivity index (χ1n) is 7.41. The van der Waals surface area contributed by atoms with Crippen molar-refractivity contribution in [3.8, 4) is 16.9 Å². The molecule has 2 heteroatoms. The molecule has 20 heavy (non-hydrogen) atoms. The molecule has 1 saturated carbocycles. The minimum Gasteiger partial charge on any atom is -0.494 e. The summed E-state index contributed by atoms with van der Waals surface area (Å²) >= 11 is 0. The van der Waals surface area contributed by atoms with Gasteiger partial charge in [0.05, 0.1) is 6.61 Å². The van der Waals surface area contributed by atoms with Crippen LogP contribution in [0, 0.1) is 0 Å². The Bertz CT molecular complexity index is 575. The van der Waals surface area contributed by atoms with E-state index in [0.717, 1.165) is 18.3 Å². The Kier molecular flexibility index (Phi) is 4.03. The van der Waals surface area contributed by atoms with Crippen molar-refractivity contribution >= 4 is 0 Å². The van der Waals surface area contributed by atoms with Crippen LogP contribution in [0.1, 0.15) is 25.3 Å². The normalized spacial score (nSPS) is 14.2. The van der Waals surface area contributed by atoms with Gasteiger partial charge in [0.1, 0.15) is 5.75 Å². The molecule has 0 aromatic heterocycles. The van der Waals surface area contributed by atoms with Crippen LogP contribution in [0.15, 0.2) is 48.5 Å². The van der Waals surface area contributed by atoms with Crippen LogP contribution in [-0.2, 0) is 6.54 Å². The highest BCUT2D eigenvalue weighted by Gasteiger charge is 2.20. The molecule has 0 saturated heterocycles. The average Bonchev–Trinajstić information content (AvgIpc) is 3.30. The predicted octanol–water partition coefficient (Wildman–Crippen LogP) is 4.00. The van der Waals surface area contributed by atoms with E-state index in [0.29, 0.717) is 6.61 Å². The van der Waals surface area contributed by atoms with Crippen LogP contribution in [0.2, 0.25) is 0 Å². The van der Waals surface area contributed by atoms with Gasteiger partial charge in [-0.15, -0.1) is 0 Å². The summed E-state index contributed by atoms with van der Waals surface area (Å²) < 4.78 is 5.60. The quantitative estimate of drug-likeness (QED) is 0.854. The van der Waals surface area contributed by atoms with Gasteiger partial charge in [0.25, 0.3) is 0 Å². The van der Waals surface area contributed by atoms with Gasteiger partial charge in [0.2, 0.25) is 0 Å². The number of hydrogen-bond donors (Lipinski definition) is 1. The standard InChI is InChI=1S/C18H21NO/c1-2-20-17-8-5-7-14(12-17)18-9-4-3-6-15(18)13-19-16-10-11-16/h3-9,12,16,19H,2,10-11,13H2,1H3. The third-order valence-corrected chi connectivity index (χ3v) is 3.63. The molecule has 0 heterocycles. The van der Waals surface area contributed by atoms with Crippen LogP contribution in [0.4, 0.5) is 0 Å². The summed E-state index contributed by atoms with van der Waals surface area (Å²) in [6.45, 7) is 3.66. The Morgan fingerprint density at radius 2 is 1.95 bits per heavy atom. The van der Waals surface area contributed by atoms with Crippen molar-refractivity contribution in [3.63, 3.8) is 0 Å². The van der Waals surface area contributed by atoms with Gasteiger partial charge in [-0.2, -0.15) is 0 Å². The van der Waals surface area contributed by atoms with Crippen molar-refractivity contribution in [3.05, 3.63) is 54.1 Å². The van der Waals surface area contributed by atoms with Gasteiger partial charge >= 0.3 is 0 Å². The van der Waals surface area contributed by atoms with Crippen LogP contribution in [0.25, 0.3) is 11.1 Å². The van der Waals surface area contributed by atoms with Gasteiger partial charge < -0.3 is 10.1 Å². The van der Waals surface area contributed by atoms with E-state index in [2.05, 4.69) is 47.8 Å². The van der Waals surface area contributed by atoms with Crippen molar-refractivity contribution in [2.75, 3.05) is 6.61 Å². The lowest BCUT2D eigenvalue weighted by Gasteiger charge is -2.12. The topological polar surface area (TPSA) is 21.3 Å². The zero-order chi connectivity index (χ0) is 13.8. The molecule has 0 amide bonds. The van der Waals surface area contributed by atoms with E-state index in [9.17, 15) is 0 Å². The third kappa shape index (κ3) is 3.20. The fourth-order valence-electron chi connectivity index (χ4n) is 2.42. The molecule has 1 fully saturated rings. The van der Waals surface area contributed by atoms with Crippen molar-refractivity contribution in [2.45, 2.75) is 32.4 Å². The highest BCUT2D eigenvalue weighted by Crippen LogP contribution is 2.28. The molecule has 0 spiro atoms. The Labute approximate surface area is 120 Å². The second-order valence-corrected chi connectivity index (χ2v) is 5.27. The molecule has 2 aromatic rings. The van der Waals surface area contributed by atoms with Gasteiger partial charge in [0, 0.05) is 12.6 Å². The summed E-state index contributed by atoms with van der Waals surface area (Å²) in [6.07, 6.45) is 2.64. The fourth-order valence-corrected chi connectivity index (χ4v) is 2.42. The molecule has 0 unspecified atom stereocenters. The minimum absolute atomic E-state index is 0.703. The first kappa shape index (κ1) is 13.2. The zero-order valence-corrected chi connectivity index (χ0v) is 11.9. The Morgan fingerprint density at radius 3 is 2.75 bits per heavy atom. The SMILES string of the molecule is CCOc1cccc(-c2ccccc2CNC2CC2)c1. The van der Waals surface area contributed by atoms with E-state index >= 15 is 0 Å². The minimum atomic E-state index is 0.703. The molecule has 0 bridgehead atoms. The maximum Gasteiger partial charge on any atom is 0.119 e.